The summed E-state index contributed by atoms with van der Waals surface area (Å²) < 4.78 is 1.68. The van der Waals surface area contributed by atoms with Crippen LogP contribution in [0.15, 0.2) is 80.5 Å². The number of hydrazone groups is 1. The number of aryl methyl sites for hydroxylation is 1. The van der Waals surface area contributed by atoms with Gasteiger partial charge in [-0.15, -0.1) is 10.2 Å². The molecule has 0 spiro atoms. The number of nitrogens with zero attached hydrogens (tertiary/aromatic N) is 3. The summed E-state index contributed by atoms with van der Waals surface area (Å²) in [5.74, 6) is 0.903. The van der Waals surface area contributed by atoms with Crippen molar-refractivity contribution in [2.24, 2.45) is 5.10 Å². The minimum Gasteiger partial charge on any atom is -0.272 e. The van der Waals surface area contributed by atoms with Gasteiger partial charge in [-0.2, -0.15) is 5.10 Å². The molecule has 4 rings (SSSR count). The van der Waals surface area contributed by atoms with Crippen LogP contribution in [0.4, 0.5) is 0 Å². The van der Waals surface area contributed by atoms with Crippen molar-refractivity contribution in [3.63, 3.8) is 0 Å². The molecule has 5 nitrogen and oxygen atoms in total. The smallest absolute Gasteiger partial charge is 0.250 e. The highest BCUT2D eigenvalue weighted by atomic mass is 32.2. The number of hydrogen-bond donors (Lipinski definition) is 1. The molecule has 0 fully saturated rings. The van der Waals surface area contributed by atoms with Crippen molar-refractivity contribution < 1.29 is 4.79 Å². The van der Waals surface area contributed by atoms with E-state index < -0.39 is 0 Å². The van der Waals surface area contributed by atoms with E-state index in [-0.39, 0.29) is 11.7 Å². The van der Waals surface area contributed by atoms with Crippen LogP contribution in [0.3, 0.4) is 0 Å². The van der Waals surface area contributed by atoms with Gasteiger partial charge in [0.05, 0.1) is 12.0 Å². The van der Waals surface area contributed by atoms with Gasteiger partial charge >= 0.3 is 0 Å². The van der Waals surface area contributed by atoms with Gasteiger partial charge in [0.1, 0.15) is 0 Å². The molecular formula is C24H22N4OS3. The number of carbonyl (C=O) groups excluding carboxylic acids is 1. The fourth-order valence-corrected chi connectivity index (χ4v) is 5.87. The summed E-state index contributed by atoms with van der Waals surface area (Å²) in [6.45, 7) is 2.12. The number of hydrogen-bond acceptors (Lipinski definition) is 7. The molecule has 0 saturated heterocycles. The normalized spacial score (nSPS) is 11.3. The minimum atomic E-state index is -0.170. The van der Waals surface area contributed by atoms with E-state index in [0.717, 1.165) is 26.4 Å². The lowest BCUT2D eigenvalue weighted by atomic mass is 10.1. The fraction of sp³-hybridized carbons (Fsp3) is 0.167. The second-order valence-electron chi connectivity index (χ2n) is 6.94. The molecule has 1 N–H and O–H groups in total. The van der Waals surface area contributed by atoms with Gasteiger partial charge in [0.15, 0.2) is 8.68 Å². The van der Waals surface area contributed by atoms with Gasteiger partial charge < -0.3 is 0 Å². The number of benzene rings is 3. The summed E-state index contributed by atoms with van der Waals surface area (Å²) in [5, 5.41) is 15.0. The standard InChI is InChI=1S/C24H22N4OS3/c1-2-17-10-12-18(13-11-17)14-25-26-22(29)16-31-24-28-27-23(32-24)30-15-20-8-5-7-19-6-3-4-9-21(19)20/h3-14H,2,15-16H2,1H3,(H,26,29). The average molecular weight is 479 g/mol. The van der Waals surface area contributed by atoms with Crippen molar-refractivity contribution in [1.82, 2.24) is 15.6 Å². The summed E-state index contributed by atoms with van der Waals surface area (Å²) in [6.07, 6.45) is 2.65. The first-order valence-corrected chi connectivity index (χ1v) is 13.0. The van der Waals surface area contributed by atoms with Crippen LogP contribution in [0.1, 0.15) is 23.6 Å². The summed E-state index contributed by atoms with van der Waals surface area (Å²) in [4.78, 5) is 12.1. The summed E-state index contributed by atoms with van der Waals surface area (Å²) in [5.41, 5.74) is 6.06. The zero-order chi connectivity index (χ0) is 22.2. The maximum absolute atomic E-state index is 12.1. The van der Waals surface area contributed by atoms with Crippen molar-refractivity contribution in [2.45, 2.75) is 27.8 Å². The van der Waals surface area contributed by atoms with E-state index in [1.54, 1.807) is 18.0 Å². The summed E-state index contributed by atoms with van der Waals surface area (Å²) in [7, 11) is 0. The Morgan fingerprint density at radius 1 is 1.00 bits per heavy atom. The van der Waals surface area contributed by atoms with Crippen molar-refractivity contribution >= 4 is 57.8 Å². The monoisotopic (exact) mass is 478 g/mol. The third-order valence-electron chi connectivity index (χ3n) is 4.74. The highest BCUT2D eigenvalue weighted by Gasteiger charge is 2.09. The maximum Gasteiger partial charge on any atom is 0.250 e. The number of thioether (sulfide) groups is 2. The second kappa shape index (κ2) is 11.3. The predicted molar refractivity (Wildman–Crippen MR) is 136 cm³/mol. The molecule has 0 bridgehead atoms. The fourth-order valence-electron chi connectivity index (χ4n) is 3.05. The van der Waals surface area contributed by atoms with Crippen LogP contribution >= 0.6 is 34.9 Å². The van der Waals surface area contributed by atoms with E-state index in [4.69, 9.17) is 0 Å². The Labute approximate surface area is 199 Å². The molecule has 162 valence electrons. The number of rotatable bonds is 9. The zero-order valence-corrected chi connectivity index (χ0v) is 20.0. The molecule has 0 radical (unpaired) electrons. The Morgan fingerprint density at radius 2 is 1.75 bits per heavy atom. The van der Waals surface area contributed by atoms with Gasteiger partial charge in [0, 0.05) is 5.75 Å². The Kier molecular flexibility index (Phi) is 7.92. The summed E-state index contributed by atoms with van der Waals surface area (Å²) in [6, 6.07) is 22.8. The van der Waals surface area contributed by atoms with Crippen molar-refractivity contribution in [3.05, 3.63) is 83.4 Å². The van der Waals surface area contributed by atoms with Gasteiger partial charge in [0.25, 0.3) is 5.91 Å². The third kappa shape index (κ3) is 6.18. The first-order valence-electron chi connectivity index (χ1n) is 10.2. The van der Waals surface area contributed by atoms with Gasteiger partial charge in [-0.25, -0.2) is 5.43 Å². The molecular weight excluding hydrogens is 456 g/mol. The molecule has 0 aliphatic rings. The Bertz CT molecular complexity index is 1220. The topological polar surface area (TPSA) is 67.2 Å². The van der Waals surface area contributed by atoms with Crippen LogP contribution in [0, 0.1) is 0 Å². The highest BCUT2D eigenvalue weighted by molar-refractivity contribution is 8.03. The van der Waals surface area contributed by atoms with Crippen LogP contribution in [0.25, 0.3) is 10.8 Å². The molecule has 0 aliphatic carbocycles. The molecule has 4 aromatic rings. The van der Waals surface area contributed by atoms with Gasteiger partial charge in [-0.3, -0.25) is 4.79 Å². The SMILES string of the molecule is CCc1ccc(C=NNC(=O)CSc2nnc(SCc3cccc4ccccc34)s2)cc1. The van der Waals surface area contributed by atoms with Crippen LogP contribution in [0.2, 0.25) is 0 Å². The lowest BCUT2D eigenvalue weighted by molar-refractivity contribution is -0.118. The van der Waals surface area contributed by atoms with Gasteiger partial charge in [-0.1, -0.05) is 109 Å². The van der Waals surface area contributed by atoms with Gasteiger partial charge in [-0.05, 0) is 33.9 Å². The van der Waals surface area contributed by atoms with Crippen molar-refractivity contribution in [2.75, 3.05) is 5.75 Å². The molecule has 0 aliphatic heterocycles. The van der Waals surface area contributed by atoms with Crippen LogP contribution < -0.4 is 5.43 Å². The molecule has 1 amide bonds. The molecule has 1 aromatic heterocycles. The number of nitrogens with one attached hydrogen (secondary N) is 1. The summed E-state index contributed by atoms with van der Waals surface area (Å²) >= 11 is 4.54. The maximum atomic E-state index is 12.1. The first-order chi connectivity index (χ1) is 15.7. The van der Waals surface area contributed by atoms with Crippen LogP contribution in [-0.4, -0.2) is 28.1 Å². The number of amides is 1. The molecule has 3 aromatic carbocycles. The van der Waals surface area contributed by atoms with Crippen LogP contribution in [0.5, 0.6) is 0 Å². The van der Waals surface area contributed by atoms with Crippen molar-refractivity contribution in [1.29, 1.82) is 0 Å². The number of fused-ring (bicyclic) bond motifs is 1. The Morgan fingerprint density at radius 3 is 2.56 bits per heavy atom. The highest BCUT2D eigenvalue weighted by Crippen LogP contribution is 2.32. The predicted octanol–water partition coefficient (Wildman–Crippen LogP) is 5.79. The number of aromatic nitrogens is 2. The zero-order valence-electron chi connectivity index (χ0n) is 17.5. The minimum absolute atomic E-state index is 0.170. The molecule has 32 heavy (non-hydrogen) atoms. The van der Waals surface area contributed by atoms with E-state index in [1.807, 2.05) is 12.1 Å². The van der Waals surface area contributed by atoms with Gasteiger partial charge in [0.2, 0.25) is 0 Å². The third-order valence-corrected chi connectivity index (χ3v) is 7.98. The lowest BCUT2D eigenvalue weighted by Gasteiger charge is -2.04. The van der Waals surface area contributed by atoms with E-state index in [1.165, 1.54) is 45.0 Å². The van der Waals surface area contributed by atoms with E-state index in [0.29, 0.717) is 0 Å². The molecule has 0 saturated carbocycles. The molecule has 0 unspecified atom stereocenters. The lowest BCUT2D eigenvalue weighted by Crippen LogP contribution is -2.19. The van der Waals surface area contributed by atoms with Crippen molar-refractivity contribution in [3.8, 4) is 0 Å². The number of carbonyl (C=O) groups is 1. The first kappa shape index (κ1) is 22.5. The van der Waals surface area contributed by atoms with Crippen LogP contribution in [-0.2, 0) is 17.0 Å². The quantitative estimate of drug-likeness (QED) is 0.187. The van der Waals surface area contributed by atoms with E-state index in [2.05, 4.69) is 82.2 Å². The van der Waals surface area contributed by atoms with E-state index in [9.17, 15) is 4.79 Å². The Hall–Kier alpha value is -2.68. The molecule has 8 heteroatoms. The Balaban J connectivity index is 1.24. The second-order valence-corrected chi connectivity index (χ2v) is 10.4. The molecule has 0 atom stereocenters. The van der Waals surface area contributed by atoms with E-state index >= 15 is 0 Å². The average Bonchev–Trinajstić information content (AvgIpc) is 3.30. The molecule has 1 heterocycles. The largest absolute Gasteiger partial charge is 0.272 e.